The van der Waals surface area contributed by atoms with Gasteiger partial charge in [0.25, 0.3) is 0 Å². The molecule has 0 aromatic carbocycles. The summed E-state index contributed by atoms with van der Waals surface area (Å²) in [5, 5.41) is 0. The highest BCUT2D eigenvalue weighted by Gasteiger charge is 2.19. The Balaban J connectivity index is 4.41. The third-order valence-electron chi connectivity index (χ3n) is 11.9. The van der Waals surface area contributed by atoms with Crippen LogP contribution >= 0.6 is 0 Å². The molecule has 1 atom stereocenters. The molecule has 0 radical (unpaired) electrons. The molecule has 0 saturated carbocycles. The lowest BCUT2D eigenvalue weighted by Crippen LogP contribution is -2.30. The van der Waals surface area contributed by atoms with E-state index in [1.807, 2.05) is 0 Å². The van der Waals surface area contributed by atoms with Gasteiger partial charge in [-0.15, -0.1) is 0 Å². The second kappa shape index (κ2) is 55.2. The Kier molecular flexibility index (Phi) is 52.4. The third-order valence-corrected chi connectivity index (χ3v) is 11.9. The first-order chi connectivity index (χ1) is 33.0. The predicted octanol–water partition coefficient (Wildman–Crippen LogP) is 18.8. The average Bonchev–Trinajstić information content (AvgIpc) is 3.33. The van der Waals surface area contributed by atoms with E-state index in [0.717, 1.165) is 135 Å². The second-order valence-electron chi connectivity index (χ2n) is 18.4. The molecule has 0 bridgehead atoms. The molecule has 0 aliphatic heterocycles. The van der Waals surface area contributed by atoms with Crippen LogP contribution in [0.25, 0.3) is 0 Å². The summed E-state index contributed by atoms with van der Waals surface area (Å²) in [6.45, 7) is 6.39. The van der Waals surface area contributed by atoms with Crippen LogP contribution in [-0.2, 0) is 28.6 Å². The van der Waals surface area contributed by atoms with E-state index in [1.54, 1.807) is 0 Å². The van der Waals surface area contributed by atoms with E-state index in [4.69, 9.17) is 14.2 Å². The van der Waals surface area contributed by atoms with Gasteiger partial charge in [-0.3, -0.25) is 14.4 Å². The Morgan fingerprint density at radius 2 is 0.582 bits per heavy atom. The molecule has 0 aromatic heterocycles. The highest BCUT2D eigenvalue weighted by molar-refractivity contribution is 5.71. The average molecular weight is 933 g/mol. The lowest BCUT2D eigenvalue weighted by Gasteiger charge is -2.18. The maximum Gasteiger partial charge on any atom is 0.306 e. The number of carbonyl (C=O) groups excluding carboxylic acids is 3. The van der Waals surface area contributed by atoms with Gasteiger partial charge < -0.3 is 14.2 Å². The number of allylic oxidation sites excluding steroid dienone is 14. The second-order valence-corrected chi connectivity index (χ2v) is 18.4. The first-order valence-electron chi connectivity index (χ1n) is 28.1. The van der Waals surface area contributed by atoms with Gasteiger partial charge in [0, 0.05) is 19.3 Å². The van der Waals surface area contributed by atoms with Gasteiger partial charge in [-0.05, 0) is 109 Å². The molecule has 0 spiro atoms. The number of ether oxygens (including phenoxy) is 3. The monoisotopic (exact) mass is 933 g/mol. The zero-order valence-electron chi connectivity index (χ0n) is 43.9. The number of hydrogen-bond donors (Lipinski definition) is 0. The minimum absolute atomic E-state index is 0.0916. The fourth-order valence-electron chi connectivity index (χ4n) is 7.70. The quantitative estimate of drug-likeness (QED) is 0.0262. The molecule has 67 heavy (non-hydrogen) atoms. The molecular weight excluding hydrogens is 829 g/mol. The van der Waals surface area contributed by atoms with E-state index < -0.39 is 6.10 Å². The maximum absolute atomic E-state index is 12.8. The number of carbonyl (C=O) groups is 3. The standard InChI is InChI=1S/C61H104O6/c1-4-7-10-13-16-19-22-25-28-29-30-31-34-36-39-42-45-48-51-54-60(63)66-57-58(67-61(64)55-52-49-46-43-40-37-33-27-24-21-18-15-12-9-6-3)56-65-59(62)53-50-47-44-41-38-35-32-26-23-20-17-14-11-8-5-2/h8-9,11-12,17-18,20-21,26-27,29-30,32-33,58H,4-7,10,13-16,19,22-25,28,31,34-57H2,1-3H3/b11-8-,12-9-,20-17-,21-18-,30-29-,32-26-,33-27-/t58-/m1/s1. The Hall–Kier alpha value is -3.41. The first kappa shape index (κ1) is 63.6. The SMILES string of the molecule is CC/C=C\C/C=C\C/C=C\CCCCCCCC(=O)OC[C@H](COC(=O)CCCCCCCCC/C=C\CCCCCCCCCC)OC(=O)CCCCCCC/C=C\C/C=C\C/C=C\CC. The van der Waals surface area contributed by atoms with E-state index >= 15 is 0 Å². The summed E-state index contributed by atoms with van der Waals surface area (Å²) in [6.07, 6.45) is 71.4. The summed E-state index contributed by atoms with van der Waals surface area (Å²) >= 11 is 0. The van der Waals surface area contributed by atoms with Crippen molar-refractivity contribution in [1.29, 1.82) is 0 Å². The largest absolute Gasteiger partial charge is 0.462 e. The van der Waals surface area contributed by atoms with Crippen molar-refractivity contribution in [2.45, 2.75) is 271 Å². The van der Waals surface area contributed by atoms with Crippen LogP contribution < -0.4 is 0 Å². The number of esters is 3. The lowest BCUT2D eigenvalue weighted by molar-refractivity contribution is -0.167. The fraction of sp³-hybridized carbons (Fsp3) is 0.721. The Labute approximate surface area is 414 Å². The number of hydrogen-bond acceptors (Lipinski definition) is 6. The highest BCUT2D eigenvalue weighted by atomic mass is 16.6. The normalized spacial score (nSPS) is 12.7. The number of unbranched alkanes of at least 4 members (excludes halogenated alkanes) is 25. The maximum atomic E-state index is 12.8. The van der Waals surface area contributed by atoms with Gasteiger partial charge in [-0.1, -0.05) is 221 Å². The lowest BCUT2D eigenvalue weighted by atomic mass is 10.1. The van der Waals surface area contributed by atoms with E-state index in [9.17, 15) is 14.4 Å². The molecule has 384 valence electrons. The molecule has 0 rings (SSSR count). The van der Waals surface area contributed by atoms with Gasteiger partial charge >= 0.3 is 17.9 Å². The van der Waals surface area contributed by atoms with Gasteiger partial charge in [0.05, 0.1) is 0 Å². The van der Waals surface area contributed by atoms with Crippen LogP contribution in [0.15, 0.2) is 85.1 Å². The zero-order valence-corrected chi connectivity index (χ0v) is 43.9. The molecule has 0 aromatic rings. The third kappa shape index (κ3) is 53.4. The molecule has 6 heteroatoms. The summed E-state index contributed by atoms with van der Waals surface area (Å²) in [5.74, 6) is -0.926. The molecule has 0 fully saturated rings. The van der Waals surface area contributed by atoms with E-state index in [1.165, 1.54) is 89.9 Å². The highest BCUT2D eigenvalue weighted by Crippen LogP contribution is 2.15. The topological polar surface area (TPSA) is 78.9 Å². The summed E-state index contributed by atoms with van der Waals surface area (Å²) < 4.78 is 16.8. The van der Waals surface area contributed by atoms with Crippen LogP contribution in [-0.4, -0.2) is 37.2 Å². The van der Waals surface area contributed by atoms with E-state index in [0.29, 0.717) is 19.3 Å². The summed E-state index contributed by atoms with van der Waals surface area (Å²) in [5.41, 5.74) is 0. The molecule has 0 heterocycles. The van der Waals surface area contributed by atoms with Gasteiger partial charge in [-0.25, -0.2) is 0 Å². The van der Waals surface area contributed by atoms with Crippen LogP contribution in [0.2, 0.25) is 0 Å². The van der Waals surface area contributed by atoms with Crippen molar-refractivity contribution in [2.75, 3.05) is 13.2 Å². The van der Waals surface area contributed by atoms with Gasteiger partial charge in [0.2, 0.25) is 0 Å². The van der Waals surface area contributed by atoms with Crippen molar-refractivity contribution in [3.8, 4) is 0 Å². The van der Waals surface area contributed by atoms with Crippen LogP contribution in [0.1, 0.15) is 265 Å². The van der Waals surface area contributed by atoms with Crippen molar-refractivity contribution in [1.82, 2.24) is 0 Å². The van der Waals surface area contributed by atoms with Crippen LogP contribution in [0.5, 0.6) is 0 Å². The summed E-state index contributed by atoms with van der Waals surface area (Å²) in [6, 6.07) is 0. The van der Waals surface area contributed by atoms with Crippen molar-refractivity contribution < 1.29 is 28.6 Å². The smallest absolute Gasteiger partial charge is 0.306 e. The van der Waals surface area contributed by atoms with Gasteiger partial charge in [0.1, 0.15) is 13.2 Å². The molecular formula is C61H104O6. The minimum atomic E-state index is -0.795. The Bertz CT molecular complexity index is 1300. The van der Waals surface area contributed by atoms with E-state index in [-0.39, 0.29) is 31.1 Å². The molecule has 0 amide bonds. The van der Waals surface area contributed by atoms with Crippen molar-refractivity contribution >= 4 is 17.9 Å². The predicted molar refractivity (Wildman–Crippen MR) is 288 cm³/mol. The van der Waals surface area contributed by atoms with Crippen molar-refractivity contribution in [3.63, 3.8) is 0 Å². The molecule has 0 N–H and O–H groups in total. The molecule has 0 aliphatic carbocycles. The molecule has 0 unspecified atom stereocenters. The zero-order chi connectivity index (χ0) is 48.6. The minimum Gasteiger partial charge on any atom is -0.462 e. The number of rotatable bonds is 50. The Morgan fingerprint density at radius 3 is 0.925 bits per heavy atom. The van der Waals surface area contributed by atoms with Gasteiger partial charge in [-0.2, -0.15) is 0 Å². The van der Waals surface area contributed by atoms with Crippen LogP contribution in [0, 0.1) is 0 Å². The molecule has 0 saturated heterocycles. The van der Waals surface area contributed by atoms with Crippen LogP contribution in [0.4, 0.5) is 0 Å². The fourth-order valence-corrected chi connectivity index (χ4v) is 7.70. The Morgan fingerprint density at radius 1 is 0.313 bits per heavy atom. The first-order valence-corrected chi connectivity index (χ1v) is 28.1. The molecule has 0 aliphatic rings. The van der Waals surface area contributed by atoms with E-state index in [2.05, 4.69) is 106 Å². The van der Waals surface area contributed by atoms with Crippen LogP contribution in [0.3, 0.4) is 0 Å². The van der Waals surface area contributed by atoms with Gasteiger partial charge in [0.15, 0.2) is 6.10 Å². The van der Waals surface area contributed by atoms with Crippen molar-refractivity contribution in [3.05, 3.63) is 85.1 Å². The summed E-state index contributed by atoms with van der Waals surface area (Å²) in [7, 11) is 0. The summed E-state index contributed by atoms with van der Waals surface area (Å²) in [4.78, 5) is 38.1. The molecule has 6 nitrogen and oxygen atoms in total. The van der Waals surface area contributed by atoms with Crippen molar-refractivity contribution in [2.24, 2.45) is 0 Å².